The summed E-state index contributed by atoms with van der Waals surface area (Å²) in [4.78, 5) is 14.3. The van der Waals surface area contributed by atoms with Crippen LogP contribution in [0, 0.1) is 11.8 Å². The second-order valence-electron chi connectivity index (χ2n) is 5.55. The van der Waals surface area contributed by atoms with Crippen LogP contribution in [-0.4, -0.2) is 29.1 Å². The van der Waals surface area contributed by atoms with E-state index in [0.717, 1.165) is 23.9 Å². The van der Waals surface area contributed by atoms with Crippen molar-refractivity contribution in [1.29, 1.82) is 0 Å². The van der Waals surface area contributed by atoms with Crippen LogP contribution < -0.4 is 0 Å². The summed E-state index contributed by atoms with van der Waals surface area (Å²) >= 11 is 1.71. The van der Waals surface area contributed by atoms with Crippen molar-refractivity contribution in [1.82, 2.24) is 4.90 Å². The molecule has 1 aromatic rings. The van der Waals surface area contributed by atoms with Gasteiger partial charge in [-0.05, 0) is 47.9 Å². The van der Waals surface area contributed by atoms with Gasteiger partial charge in [-0.25, -0.2) is 4.79 Å². The third-order valence-corrected chi connectivity index (χ3v) is 4.66. The van der Waals surface area contributed by atoms with Gasteiger partial charge >= 0.3 is 5.97 Å². The maximum atomic E-state index is 10.5. The van der Waals surface area contributed by atoms with Crippen molar-refractivity contribution in [3.63, 3.8) is 0 Å². The van der Waals surface area contributed by atoms with E-state index in [0.29, 0.717) is 0 Å². The maximum Gasteiger partial charge on any atom is 0.328 e. The van der Waals surface area contributed by atoms with Crippen LogP contribution in [0.25, 0.3) is 6.08 Å². The Morgan fingerprint density at radius 1 is 1.63 bits per heavy atom. The molecule has 1 atom stereocenters. The van der Waals surface area contributed by atoms with Crippen LogP contribution in [-0.2, 0) is 11.3 Å². The number of hydrogen-bond acceptors (Lipinski definition) is 3. The van der Waals surface area contributed by atoms with E-state index in [-0.39, 0.29) is 0 Å². The fourth-order valence-electron chi connectivity index (χ4n) is 2.51. The molecule has 1 aliphatic rings. The molecule has 19 heavy (non-hydrogen) atoms. The second kappa shape index (κ2) is 6.35. The van der Waals surface area contributed by atoms with Crippen molar-refractivity contribution < 1.29 is 9.90 Å². The van der Waals surface area contributed by atoms with Crippen LogP contribution in [0.3, 0.4) is 0 Å². The zero-order chi connectivity index (χ0) is 13.8. The van der Waals surface area contributed by atoms with Gasteiger partial charge in [0, 0.05) is 24.0 Å². The lowest BCUT2D eigenvalue weighted by atomic mass is 9.95. The van der Waals surface area contributed by atoms with Gasteiger partial charge in [0.05, 0.1) is 0 Å². The summed E-state index contributed by atoms with van der Waals surface area (Å²) in [6.45, 7) is 7.97. The van der Waals surface area contributed by atoms with E-state index >= 15 is 0 Å². The molecule has 0 radical (unpaired) electrons. The lowest BCUT2D eigenvalue weighted by Crippen LogP contribution is -2.20. The second-order valence-corrected chi connectivity index (χ2v) is 6.54. The molecule has 0 bridgehead atoms. The molecule has 4 heteroatoms. The highest BCUT2D eigenvalue weighted by molar-refractivity contribution is 7.10. The van der Waals surface area contributed by atoms with E-state index < -0.39 is 5.97 Å². The quantitative estimate of drug-likeness (QED) is 0.841. The minimum absolute atomic E-state index is 0.766. The summed E-state index contributed by atoms with van der Waals surface area (Å²) < 4.78 is 0. The van der Waals surface area contributed by atoms with E-state index in [1.54, 1.807) is 17.4 Å². The van der Waals surface area contributed by atoms with Gasteiger partial charge in [0.1, 0.15) is 0 Å². The number of carboxylic acids is 1. The third-order valence-electron chi connectivity index (χ3n) is 3.72. The number of thiophene rings is 1. The predicted octanol–water partition coefficient (Wildman–Crippen LogP) is 3.32. The summed E-state index contributed by atoms with van der Waals surface area (Å²) in [5.41, 5.74) is 0.988. The van der Waals surface area contributed by atoms with Crippen molar-refractivity contribution >= 4 is 23.4 Å². The maximum absolute atomic E-state index is 10.5. The molecular formula is C15H21NO2S. The first-order chi connectivity index (χ1) is 9.04. The van der Waals surface area contributed by atoms with Crippen molar-refractivity contribution in [3.8, 4) is 0 Å². The first kappa shape index (κ1) is 14.3. The summed E-state index contributed by atoms with van der Waals surface area (Å²) in [7, 11) is 0. The van der Waals surface area contributed by atoms with Crippen LogP contribution in [0.5, 0.6) is 0 Å². The SMILES string of the molecule is CC(C)C1CCN(Cc2cc(/C=C/C(=O)O)cs2)C1. The molecule has 0 spiro atoms. The minimum atomic E-state index is -0.896. The van der Waals surface area contributed by atoms with Gasteiger partial charge in [0.2, 0.25) is 0 Å². The zero-order valence-electron chi connectivity index (χ0n) is 11.5. The molecule has 2 rings (SSSR count). The number of hydrogen-bond donors (Lipinski definition) is 1. The standard InChI is InChI=1S/C15H21NO2S/c1-11(2)13-5-6-16(8-13)9-14-7-12(10-19-14)3-4-15(17)18/h3-4,7,10-11,13H,5-6,8-9H2,1-2H3,(H,17,18)/b4-3+. The zero-order valence-corrected chi connectivity index (χ0v) is 12.3. The molecule has 104 valence electrons. The first-order valence-corrected chi connectivity index (χ1v) is 7.63. The van der Waals surface area contributed by atoms with Gasteiger partial charge in [-0.15, -0.1) is 11.3 Å². The van der Waals surface area contributed by atoms with Gasteiger partial charge in [-0.1, -0.05) is 13.8 Å². The Balaban J connectivity index is 1.89. The topological polar surface area (TPSA) is 40.5 Å². The van der Waals surface area contributed by atoms with Crippen LogP contribution >= 0.6 is 11.3 Å². The molecule has 0 saturated carbocycles. The molecule has 1 fully saturated rings. The third kappa shape index (κ3) is 4.18. The average molecular weight is 279 g/mol. The number of aliphatic carboxylic acids is 1. The molecule has 3 nitrogen and oxygen atoms in total. The van der Waals surface area contributed by atoms with Crippen LogP contribution in [0.15, 0.2) is 17.5 Å². The molecule has 0 aromatic carbocycles. The Kier molecular flexibility index (Phi) is 4.77. The summed E-state index contributed by atoms with van der Waals surface area (Å²) in [6, 6.07) is 2.09. The molecule has 1 aliphatic heterocycles. The Morgan fingerprint density at radius 2 is 2.42 bits per heavy atom. The lowest BCUT2D eigenvalue weighted by molar-refractivity contribution is -0.131. The Labute approximate surface area is 118 Å². The normalized spacial score (nSPS) is 20.7. The van der Waals surface area contributed by atoms with Crippen LogP contribution in [0.1, 0.15) is 30.7 Å². The molecular weight excluding hydrogens is 258 g/mol. The Bertz CT molecular complexity index is 464. The number of nitrogens with zero attached hydrogens (tertiary/aromatic N) is 1. The average Bonchev–Trinajstić information content (AvgIpc) is 2.96. The van der Waals surface area contributed by atoms with Gasteiger partial charge < -0.3 is 5.11 Å². The van der Waals surface area contributed by atoms with Crippen LogP contribution in [0.2, 0.25) is 0 Å². The molecule has 1 N–H and O–H groups in total. The highest BCUT2D eigenvalue weighted by Gasteiger charge is 2.24. The van der Waals surface area contributed by atoms with Crippen molar-refractivity contribution in [2.75, 3.05) is 13.1 Å². The molecule has 1 unspecified atom stereocenters. The highest BCUT2D eigenvalue weighted by Crippen LogP contribution is 2.26. The first-order valence-electron chi connectivity index (χ1n) is 6.75. The Hall–Kier alpha value is -1.13. The monoisotopic (exact) mass is 279 g/mol. The van der Waals surface area contributed by atoms with Crippen molar-refractivity contribution in [2.45, 2.75) is 26.8 Å². The van der Waals surface area contributed by atoms with Crippen molar-refractivity contribution in [3.05, 3.63) is 28.0 Å². The van der Waals surface area contributed by atoms with E-state index in [1.807, 2.05) is 5.38 Å². The molecule has 0 amide bonds. The number of likely N-dealkylation sites (tertiary alicyclic amines) is 1. The largest absolute Gasteiger partial charge is 0.478 e. The molecule has 0 aliphatic carbocycles. The van der Waals surface area contributed by atoms with Crippen LogP contribution in [0.4, 0.5) is 0 Å². The number of rotatable bonds is 5. The number of carbonyl (C=O) groups is 1. The predicted molar refractivity (Wildman–Crippen MR) is 79.2 cm³/mol. The van der Waals surface area contributed by atoms with Crippen molar-refractivity contribution in [2.24, 2.45) is 11.8 Å². The molecule has 2 heterocycles. The summed E-state index contributed by atoms with van der Waals surface area (Å²) in [5.74, 6) is 0.695. The fraction of sp³-hybridized carbons (Fsp3) is 0.533. The number of carboxylic acid groups (broad SMARTS) is 1. The van der Waals surface area contributed by atoms with E-state index in [2.05, 4.69) is 24.8 Å². The van der Waals surface area contributed by atoms with Gasteiger partial charge in [-0.2, -0.15) is 0 Å². The lowest BCUT2D eigenvalue weighted by Gasteiger charge is -2.16. The smallest absolute Gasteiger partial charge is 0.328 e. The van der Waals surface area contributed by atoms with E-state index in [9.17, 15) is 4.79 Å². The fourth-order valence-corrected chi connectivity index (χ4v) is 3.40. The van der Waals surface area contributed by atoms with E-state index in [4.69, 9.17) is 5.11 Å². The summed E-state index contributed by atoms with van der Waals surface area (Å²) in [5, 5.41) is 10.6. The molecule has 1 aromatic heterocycles. The van der Waals surface area contributed by atoms with Gasteiger partial charge in [0.25, 0.3) is 0 Å². The van der Waals surface area contributed by atoms with E-state index in [1.165, 1.54) is 30.5 Å². The molecule has 1 saturated heterocycles. The highest BCUT2D eigenvalue weighted by atomic mass is 32.1. The Morgan fingerprint density at radius 3 is 3.05 bits per heavy atom. The van der Waals surface area contributed by atoms with Gasteiger partial charge in [0.15, 0.2) is 0 Å². The van der Waals surface area contributed by atoms with Gasteiger partial charge in [-0.3, -0.25) is 4.90 Å². The summed E-state index contributed by atoms with van der Waals surface area (Å²) in [6.07, 6.45) is 4.15. The minimum Gasteiger partial charge on any atom is -0.478 e.